The fourth-order valence-corrected chi connectivity index (χ4v) is 6.39. The molecule has 0 bridgehead atoms. The predicted octanol–water partition coefficient (Wildman–Crippen LogP) is 2.05. The molecule has 0 aromatic heterocycles. The molecular formula is C21H32O6. The maximum Gasteiger partial charge on any atom is 0.286 e. The van der Waals surface area contributed by atoms with E-state index in [-0.39, 0.29) is 24.2 Å². The van der Waals surface area contributed by atoms with Crippen LogP contribution in [0.5, 0.6) is 0 Å². The lowest BCUT2D eigenvalue weighted by atomic mass is 9.40. The van der Waals surface area contributed by atoms with Crippen LogP contribution in [0, 0.1) is 16.7 Å². The second kappa shape index (κ2) is 5.49. The summed E-state index contributed by atoms with van der Waals surface area (Å²) in [6.45, 7) is 9.49. The van der Waals surface area contributed by atoms with Gasteiger partial charge in [-0.15, -0.1) is 0 Å². The number of aliphatic hydroxyl groups is 3. The van der Waals surface area contributed by atoms with Crippen molar-refractivity contribution in [3.8, 4) is 0 Å². The number of hydrogen-bond donors (Lipinski definition) is 3. The molecule has 2 fully saturated rings. The summed E-state index contributed by atoms with van der Waals surface area (Å²) in [4.78, 5) is 12.6. The summed E-state index contributed by atoms with van der Waals surface area (Å²) in [5.74, 6) is 0.0921. The van der Waals surface area contributed by atoms with Crippen molar-refractivity contribution in [3.63, 3.8) is 0 Å². The molecule has 4 rings (SSSR count). The first-order chi connectivity index (χ1) is 12.4. The molecule has 0 saturated heterocycles. The lowest BCUT2D eigenvalue weighted by molar-refractivity contribution is -0.326. The summed E-state index contributed by atoms with van der Waals surface area (Å²) in [6.07, 6.45) is 0.0138. The largest absolute Gasteiger partial charge is 0.462 e. The van der Waals surface area contributed by atoms with Gasteiger partial charge in [0.2, 0.25) is 0 Å². The summed E-state index contributed by atoms with van der Waals surface area (Å²) < 4.78 is 12.1. The maximum atomic E-state index is 12.6. The summed E-state index contributed by atoms with van der Waals surface area (Å²) in [5.41, 5.74) is -3.06. The number of Topliss-reactive ketones (excluding diaryl/α,β-unsaturated/α-hetero) is 1. The number of carbonyl (C=O) groups is 1. The lowest BCUT2D eigenvalue weighted by Crippen LogP contribution is -2.76. The van der Waals surface area contributed by atoms with Crippen LogP contribution in [0.4, 0.5) is 0 Å². The number of carbonyl (C=O) groups excluding carboxylic acids is 1. The topological polar surface area (TPSA) is 96.2 Å². The zero-order valence-corrected chi connectivity index (χ0v) is 16.9. The molecule has 6 heteroatoms. The van der Waals surface area contributed by atoms with Crippen molar-refractivity contribution >= 4 is 5.78 Å². The highest BCUT2D eigenvalue weighted by atomic mass is 16.7. The van der Waals surface area contributed by atoms with Crippen LogP contribution >= 0.6 is 0 Å². The van der Waals surface area contributed by atoms with Crippen LogP contribution in [0.15, 0.2) is 11.5 Å². The fourth-order valence-electron chi connectivity index (χ4n) is 6.39. The van der Waals surface area contributed by atoms with Crippen LogP contribution in [0.2, 0.25) is 0 Å². The molecule has 0 amide bonds. The Morgan fingerprint density at radius 2 is 1.70 bits per heavy atom. The Morgan fingerprint density at radius 3 is 2.37 bits per heavy atom. The third kappa shape index (κ3) is 2.21. The van der Waals surface area contributed by atoms with Crippen molar-refractivity contribution in [1.82, 2.24) is 0 Å². The van der Waals surface area contributed by atoms with Crippen LogP contribution in [-0.2, 0) is 14.3 Å². The molecule has 27 heavy (non-hydrogen) atoms. The lowest BCUT2D eigenvalue weighted by Gasteiger charge is -2.69. The Bertz CT molecular complexity index is 713. The zero-order valence-electron chi connectivity index (χ0n) is 16.9. The molecule has 152 valence electrons. The molecule has 0 radical (unpaired) electrons. The number of ether oxygens (including phenoxy) is 2. The van der Waals surface area contributed by atoms with Gasteiger partial charge in [-0.3, -0.25) is 4.79 Å². The van der Waals surface area contributed by atoms with Crippen molar-refractivity contribution in [3.05, 3.63) is 11.5 Å². The zero-order chi connectivity index (χ0) is 20.0. The van der Waals surface area contributed by atoms with E-state index in [4.69, 9.17) is 9.47 Å². The number of rotatable bonds is 0. The van der Waals surface area contributed by atoms with Gasteiger partial charge in [0.15, 0.2) is 5.78 Å². The molecule has 0 unspecified atom stereocenters. The predicted molar refractivity (Wildman–Crippen MR) is 97.5 cm³/mol. The van der Waals surface area contributed by atoms with E-state index >= 15 is 0 Å². The number of fused-ring (bicyclic) bond motifs is 3. The number of ketones is 1. The van der Waals surface area contributed by atoms with Gasteiger partial charge in [-0.25, -0.2) is 0 Å². The van der Waals surface area contributed by atoms with Gasteiger partial charge >= 0.3 is 0 Å². The van der Waals surface area contributed by atoms with Gasteiger partial charge in [-0.1, -0.05) is 20.8 Å². The van der Waals surface area contributed by atoms with E-state index in [1.165, 1.54) is 0 Å². The normalized spacial score (nSPS) is 51.5. The standard InChI is InChI=1S/C21H32O6/c1-11-8-13(22)12-9-14-19(4,27-17(12)26-11)6-7-21(25)18(2,3)15(23)10-16(24)20(14,21)5/h11,14-16,23-25H,6-10H2,1-5H3/t11-,14+,15-,16+,19-,20+,21+/m1/s1. The highest BCUT2D eigenvalue weighted by Crippen LogP contribution is 2.67. The van der Waals surface area contributed by atoms with E-state index in [0.29, 0.717) is 37.2 Å². The van der Waals surface area contributed by atoms with E-state index in [2.05, 4.69) is 0 Å². The van der Waals surface area contributed by atoms with Crippen molar-refractivity contribution in [2.75, 3.05) is 0 Å². The molecule has 0 aromatic rings. The van der Waals surface area contributed by atoms with Gasteiger partial charge < -0.3 is 24.8 Å². The molecule has 2 aliphatic carbocycles. The Morgan fingerprint density at radius 1 is 1.04 bits per heavy atom. The van der Waals surface area contributed by atoms with Gasteiger partial charge in [0.25, 0.3) is 5.95 Å². The summed E-state index contributed by atoms with van der Waals surface area (Å²) in [7, 11) is 0. The average Bonchev–Trinajstić information content (AvgIpc) is 2.56. The Labute approximate surface area is 160 Å². The molecule has 4 aliphatic rings. The SMILES string of the molecule is C[C@@H]1CC(=O)C2=C(O1)O[C@]1(C)CC[C@]3(O)C(C)(C)[C@H](O)C[C@H](O)[C@]3(C)[C@H]1C2. The van der Waals surface area contributed by atoms with E-state index < -0.39 is 34.2 Å². The number of aliphatic hydroxyl groups excluding tert-OH is 2. The number of allylic oxidation sites excluding steroid dienone is 1. The summed E-state index contributed by atoms with van der Waals surface area (Å²) in [5, 5.41) is 33.6. The van der Waals surface area contributed by atoms with Crippen LogP contribution in [0.1, 0.15) is 66.7 Å². The van der Waals surface area contributed by atoms with Crippen molar-refractivity contribution in [2.24, 2.45) is 16.7 Å². The monoisotopic (exact) mass is 380 g/mol. The smallest absolute Gasteiger partial charge is 0.286 e. The van der Waals surface area contributed by atoms with Crippen LogP contribution in [0.25, 0.3) is 0 Å². The fraction of sp³-hybridized carbons (Fsp3) is 0.857. The van der Waals surface area contributed by atoms with Gasteiger partial charge in [0, 0.05) is 29.6 Å². The van der Waals surface area contributed by atoms with Gasteiger partial charge in [-0.2, -0.15) is 0 Å². The molecule has 2 heterocycles. The Hall–Kier alpha value is -1.11. The van der Waals surface area contributed by atoms with Crippen molar-refractivity contribution in [1.29, 1.82) is 0 Å². The summed E-state index contributed by atoms with van der Waals surface area (Å²) >= 11 is 0. The third-order valence-electron chi connectivity index (χ3n) is 8.47. The van der Waals surface area contributed by atoms with E-state index in [9.17, 15) is 20.1 Å². The summed E-state index contributed by atoms with van der Waals surface area (Å²) in [6, 6.07) is 0. The third-order valence-corrected chi connectivity index (χ3v) is 8.47. The van der Waals surface area contributed by atoms with Gasteiger partial charge in [0.1, 0.15) is 11.7 Å². The number of hydrogen-bond acceptors (Lipinski definition) is 6. The molecule has 0 spiro atoms. The average molecular weight is 380 g/mol. The maximum absolute atomic E-state index is 12.6. The molecule has 7 atom stereocenters. The molecule has 3 N–H and O–H groups in total. The van der Waals surface area contributed by atoms with Gasteiger partial charge in [-0.05, 0) is 33.1 Å². The first-order valence-electron chi connectivity index (χ1n) is 10.1. The van der Waals surface area contributed by atoms with Crippen molar-refractivity contribution in [2.45, 2.75) is 96.2 Å². The highest BCUT2D eigenvalue weighted by molar-refractivity contribution is 5.96. The Balaban J connectivity index is 1.83. The molecular weight excluding hydrogens is 348 g/mol. The van der Waals surface area contributed by atoms with Gasteiger partial charge in [0.05, 0.1) is 23.4 Å². The minimum atomic E-state index is -1.27. The van der Waals surface area contributed by atoms with Crippen LogP contribution < -0.4 is 0 Å². The molecule has 2 saturated carbocycles. The Kier molecular flexibility index (Phi) is 3.90. The molecule has 0 aromatic carbocycles. The van der Waals surface area contributed by atoms with E-state index in [0.717, 1.165) is 0 Å². The van der Waals surface area contributed by atoms with Crippen molar-refractivity contribution < 1.29 is 29.6 Å². The second-order valence-corrected chi connectivity index (χ2v) is 10.1. The quantitative estimate of drug-likeness (QED) is 0.595. The highest BCUT2D eigenvalue weighted by Gasteiger charge is 2.73. The van der Waals surface area contributed by atoms with E-state index in [1.54, 1.807) is 0 Å². The minimum Gasteiger partial charge on any atom is -0.462 e. The van der Waals surface area contributed by atoms with E-state index in [1.807, 2.05) is 34.6 Å². The first kappa shape index (κ1) is 19.2. The molecule has 6 nitrogen and oxygen atoms in total. The minimum absolute atomic E-state index is 0.0214. The second-order valence-electron chi connectivity index (χ2n) is 10.1. The molecule has 2 aliphatic heterocycles. The van der Waals surface area contributed by atoms with Crippen LogP contribution in [0.3, 0.4) is 0 Å². The van der Waals surface area contributed by atoms with Crippen LogP contribution in [-0.4, -0.2) is 50.6 Å². The first-order valence-corrected chi connectivity index (χ1v) is 10.1.